The van der Waals surface area contributed by atoms with Gasteiger partial charge in [0.15, 0.2) is 0 Å². The molecule has 2 rings (SSSR count). The standard InChI is InChI=1S/C16H25N/c1-12(2)9-14-5-4-6-15(10-14)16-8-7-13(3)11-17-16/h4-6,10,12-13,16-17H,7-9,11H2,1-3H3. The first-order valence-corrected chi connectivity index (χ1v) is 6.97. The van der Waals surface area contributed by atoms with Gasteiger partial charge in [-0.1, -0.05) is 45.0 Å². The number of hydrogen-bond donors (Lipinski definition) is 1. The monoisotopic (exact) mass is 231 g/mol. The topological polar surface area (TPSA) is 12.0 Å². The summed E-state index contributed by atoms with van der Waals surface area (Å²) in [4.78, 5) is 0. The van der Waals surface area contributed by atoms with Crippen LogP contribution in [-0.2, 0) is 6.42 Å². The molecule has 0 radical (unpaired) electrons. The molecule has 1 fully saturated rings. The second-order valence-corrected chi connectivity index (χ2v) is 5.99. The van der Waals surface area contributed by atoms with Crippen molar-refractivity contribution in [3.05, 3.63) is 35.4 Å². The van der Waals surface area contributed by atoms with Gasteiger partial charge in [-0.15, -0.1) is 0 Å². The van der Waals surface area contributed by atoms with Crippen LogP contribution in [0.25, 0.3) is 0 Å². The molecule has 1 saturated heterocycles. The molecule has 0 aliphatic carbocycles. The summed E-state index contributed by atoms with van der Waals surface area (Å²) in [6, 6.07) is 9.73. The Labute approximate surface area is 106 Å². The van der Waals surface area contributed by atoms with Gasteiger partial charge in [0.05, 0.1) is 0 Å². The Kier molecular flexibility index (Phi) is 4.22. The smallest absolute Gasteiger partial charge is 0.0320 e. The van der Waals surface area contributed by atoms with Gasteiger partial charge in [-0.05, 0) is 48.8 Å². The summed E-state index contributed by atoms with van der Waals surface area (Å²) in [7, 11) is 0. The van der Waals surface area contributed by atoms with Gasteiger partial charge in [0.2, 0.25) is 0 Å². The number of rotatable bonds is 3. The molecule has 2 unspecified atom stereocenters. The van der Waals surface area contributed by atoms with Gasteiger partial charge in [0, 0.05) is 6.04 Å². The van der Waals surface area contributed by atoms with Crippen LogP contribution in [-0.4, -0.2) is 6.54 Å². The first-order chi connectivity index (χ1) is 8.15. The van der Waals surface area contributed by atoms with E-state index < -0.39 is 0 Å². The van der Waals surface area contributed by atoms with Crippen LogP contribution >= 0.6 is 0 Å². The van der Waals surface area contributed by atoms with Crippen LogP contribution in [0.4, 0.5) is 0 Å². The summed E-state index contributed by atoms with van der Waals surface area (Å²) in [5.74, 6) is 1.58. The molecule has 1 aliphatic rings. The fraction of sp³-hybridized carbons (Fsp3) is 0.625. The zero-order chi connectivity index (χ0) is 12.3. The van der Waals surface area contributed by atoms with E-state index in [1.54, 1.807) is 0 Å². The maximum absolute atomic E-state index is 3.67. The van der Waals surface area contributed by atoms with Crippen molar-refractivity contribution in [2.24, 2.45) is 11.8 Å². The van der Waals surface area contributed by atoms with Crippen LogP contribution in [0.5, 0.6) is 0 Å². The molecule has 1 heteroatoms. The number of nitrogens with one attached hydrogen (secondary N) is 1. The highest BCUT2D eigenvalue weighted by Crippen LogP contribution is 2.26. The molecule has 1 N–H and O–H groups in total. The van der Waals surface area contributed by atoms with Crippen LogP contribution < -0.4 is 5.32 Å². The van der Waals surface area contributed by atoms with E-state index in [9.17, 15) is 0 Å². The summed E-state index contributed by atoms with van der Waals surface area (Å²) in [6.07, 6.45) is 3.83. The van der Waals surface area contributed by atoms with E-state index in [0.717, 1.165) is 11.8 Å². The molecule has 0 spiro atoms. The molecule has 0 amide bonds. The van der Waals surface area contributed by atoms with Crippen molar-refractivity contribution < 1.29 is 0 Å². The molecule has 1 nitrogen and oxygen atoms in total. The van der Waals surface area contributed by atoms with Gasteiger partial charge in [-0.25, -0.2) is 0 Å². The van der Waals surface area contributed by atoms with Crippen LogP contribution in [0.1, 0.15) is 50.8 Å². The van der Waals surface area contributed by atoms with Crippen molar-refractivity contribution >= 4 is 0 Å². The Bertz CT molecular complexity index is 348. The van der Waals surface area contributed by atoms with Gasteiger partial charge in [0.25, 0.3) is 0 Å². The molecule has 2 atom stereocenters. The van der Waals surface area contributed by atoms with Crippen LogP contribution in [0, 0.1) is 11.8 Å². The van der Waals surface area contributed by atoms with Gasteiger partial charge >= 0.3 is 0 Å². The van der Waals surface area contributed by atoms with E-state index in [2.05, 4.69) is 50.4 Å². The molecular weight excluding hydrogens is 206 g/mol. The minimum Gasteiger partial charge on any atom is -0.310 e. The highest BCUT2D eigenvalue weighted by atomic mass is 14.9. The molecule has 1 aliphatic heterocycles. The van der Waals surface area contributed by atoms with E-state index in [1.807, 2.05) is 0 Å². The molecule has 0 bridgehead atoms. The van der Waals surface area contributed by atoms with E-state index >= 15 is 0 Å². The predicted octanol–water partition coefficient (Wildman–Crippen LogP) is 3.95. The maximum Gasteiger partial charge on any atom is 0.0320 e. The normalized spacial score (nSPS) is 25.2. The van der Waals surface area contributed by atoms with Crippen molar-refractivity contribution in [1.82, 2.24) is 5.32 Å². The lowest BCUT2D eigenvalue weighted by Gasteiger charge is -2.28. The second-order valence-electron chi connectivity index (χ2n) is 5.99. The van der Waals surface area contributed by atoms with E-state index in [-0.39, 0.29) is 0 Å². The average molecular weight is 231 g/mol. The molecular formula is C16H25N. The Hall–Kier alpha value is -0.820. The molecule has 1 heterocycles. The SMILES string of the molecule is CC(C)Cc1cccc(C2CCC(C)CN2)c1. The van der Waals surface area contributed by atoms with Gasteiger partial charge < -0.3 is 5.32 Å². The largest absolute Gasteiger partial charge is 0.310 e. The molecule has 94 valence electrons. The highest BCUT2D eigenvalue weighted by molar-refractivity contribution is 5.26. The van der Waals surface area contributed by atoms with E-state index in [4.69, 9.17) is 0 Å². The van der Waals surface area contributed by atoms with Crippen LogP contribution in [0.15, 0.2) is 24.3 Å². The van der Waals surface area contributed by atoms with Gasteiger partial charge in [0.1, 0.15) is 0 Å². The van der Waals surface area contributed by atoms with E-state index in [1.165, 1.54) is 36.9 Å². The Morgan fingerprint density at radius 3 is 2.76 bits per heavy atom. The fourth-order valence-electron chi connectivity index (χ4n) is 2.69. The first kappa shape index (κ1) is 12.6. The minimum absolute atomic E-state index is 0.582. The van der Waals surface area contributed by atoms with Crippen LogP contribution in [0.2, 0.25) is 0 Å². The molecule has 0 saturated carbocycles. The third-order valence-electron chi connectivity index (χ3n) is 3.66. The van der Waals surface area contributed by atoms with Crippen molar-refractivity contribution in [1.29, 1.82) is 0 Å². The van der Waals surface area contributed by atoms with Gasteiger partial charge in [-0.3, -0.25) is 0 Å². The maximum atomic E-state index is 3.67. The summed E-state index contributed by atoms with van der Waals surface area (Å²) in [6.45, 7) is 8.07. The van der Waals surface area contributed by atoms with Crippen molar-refractivity contribution in [3.8, 4) is 0 Å². The number of benzene rings is 1. The predicted molar refractivity (Wildman–Crippen MR) is 74.1 cm³/mol. The summed E-state index contributed by atoms with van der Waals surface area (Å²) in [5, 5.41) is 3.67. The van der Waals surface area contributed by atoms with Crippen LogP contribution in [0.3, 0.4) is 0 Å². The lowest BCUT2D eigenvalue weighted by atomic mass is 9.90. The first-order valence-electron chi connectivity index (χ1n) is 6.97. The minimum atomic E-state index is 0.582. The summed E-state index contributed by atoms with van der Waals surface area (Å²) < 4.78 is 0. The fourth-order valence-corrected chi connectivity index (χ4v) is 2.69. The molecule has 0 aromatic heterocycles. The zero-order valence-corrected chi connectivity index (χ0v) is 11.4. The Balaban J connectivity index is 2.05. The quantitative estimate of drug-likeness (QED) is 0.830. The highest BCUT2D eigenvalue weighted by Gasteiger charge is 2.18. The zero-order valence-electron chi connectivity index (χ0n) is 11.4. The summed E-state index contributed by atoms with van der Waals surface area (Å²) in [5.41, 5.74) is 2.97. The van der Waals surface area contributed by atoms with Gasteiger partial charge in [-0.2, -0.15) is 0 Å². The third kappa shape index (κ3) is 3.57. The average Bonchev–Trinajstić information content (AvgIpc) is 2.29. The molecule has 17 heavy (non-hydrogen) atoms. The molecule has 1 aromatic carbocycles. The third-order valence-corrected chi connectivity index (χ3v) is 3.66. The molecule has 1 aromatic rings. The van der Waals surface area contributed by atoms with Crippen molar-refractivity contribution in [2.45, 2.75) is 46.1 Å². The van der Waals surface area contributed by atoms with E-state index in [0.29, 0.717) is 6.04 Å². The van der Waals surface area contributed by atoms with Crippen molar-refractivity contribution in [3.63, 3.8) is 0 Å². The Morgan fingerprint density at radius 2 is 2.12 bits per heavy atom. The Morgan fingerprint density at radius 1 is 1.29 bits per heavy atom. The number of piperidine rings is 1. The second kappa shape index (κ2) is 5.68. The lowest BCUT2D eigenvalue weighted by Crippen LogP contribution is -2.31. The summed E-state index contributed by atoms with van der Waals surface area (Å²) >= 11 is 0. The lowest BCUT2D eigenvalue weighted by molar-refractivity contribution is 0.333. The number of hydrogen-bond acceptors (Lipinski definition) is 1. The van der Waals surface area contributed by atoms with Crippen molar-refractivity contribution in [2.75, 3.05) is 6.54 Å².